The summed E-state index contributed by atoms with van der Waals surface area (Å²) in [7, 11) is 0. The lowest BCUT2D eigenvalue weighted by atomic mass is 10.1. The number of carbonyl (C=O) groups excluding carboxylic acids is 1. The first-order chi connectivity index (χ1) is 12.9. The maximum atomic E-state index is 12.5. The molecule has 0 aliphatic carbocycles. The number of ether oxygens (including phenoxy) is 3. The fourth-order valence-electron chi connectivity index (χ4n) is 2.56. The summed E-state index contributed by atoms with van der Waals surface area (Å²) in [6.45, 7) is 12.4. The van der Waals surface area contributed by atoms with Gasteiger partial charge in [0.05, 0.1) is 19.0 Å². The van der Waals surface area contributed by atoms with Crippen molar-refractivity contribution in [2.24, 2.45) is 0 Å². The van der Waals surface area contributed by atoms with Gasteiger partial charge in [-0.25, -0.2) is 0 Å². The molecule has 142 valence electrons. The predicted octanol–water partition coefficient (Wildman–Crippen LogP) is 5.60. The molecule has 0 bridgehead atoms. The molecule has 2 aromatic carbocycles. The van der Waals surface area contributed by atoms with E-state index in [1.165, 1.54) is 0 Å². The van der Waals surface area contributed by atoms with Gasteiger partial charge in [-0.05, 0) is 75.7 Å². The van der Waals surface area contributed by atoms with E-state index in [1.807, 2.05) is 32.9 Å². The molecule has 0 spiro atoms. The molecule has 4 heteroatoms. The number of hydrogen-bond acceptors (Lipinski definition) is 4. The van der Waals surface area contributed by atoms with Gasteiger partial charge in [0.25, 0.3) is 0 Å². The van der Waals surface area contributed by atoms with E-state index in [0.29, 0.717) is 36.0 Å². The molecular formula is C23H26O4. The van der Waals surface area contributed by atoms with Crippen molar-refractivity contribution in [1.29, 1.82) is 0 Å². The molecule has 0 aliphatic heterocycles. The highest BCUT2D eigenvalue weighted by molar-refractivity contribution is 6.07. The van der Waals surface area contributed by atoms with E-state index in [0.717, 1.165) is 16.9 Å². The lowest BCUT2D eigenvalue weighted by Crippen LogP contribution is -1.99. The number of carbonyl (C=O) groups is 1. The Kier molecular flexibility index (Phi) is 7.24. The monoisotopic (exact) mass is 366 g/mol. The quantitative estimate of drug-likeness (QED) is 0.329. The molecule has 2 aromatic rings. The zero-order valence-electron chi connectivity index (χ0n) is 16.4. The van der Waals surface area contributed by atoms with Gasteiger partial charge in [-0.1, -0.05) is 6.58 Å². The number of aryl methyl sites for hydroxylation is 1. The van der Waals surface area contributed by atoms with Gasteiger partial charge in [0.1, 0.15) is 17.2 Å². The zero-order chi connectivity index (χ0) is 19.8. The fourth-order valence-corrected chi connectivity index (χ4v) is 2.56. The van der Waals surface area contributed by atoms with Crippen LogP contribution in [0.25, 0.3) is 6.08 Å². The Hall–Kier alpha value is -3.01. The standard InChI is InChI=1S/C23H26O4/c1-6-25-22-15-23(26-7-2)19(14-17(22)5)10-13-21(24)18-8-11-20(12-9-18)27-16(3)4/h8-15H,3,6-7H2,1-2,4-5H3. The predicted molar refractivity (Wildman–Crippen MR) is 109 cm³/mol. The minimum atomic E-state index is -0.0918. The molecule has 0 atom stereocenters. The van der Waals surface area contributed by atoms with Gasteiger partial charge in [-0.15, -0.1) is 0 Å². The van der Waals surface area contributed by atoms with Crippen molar-refractivity contribution in [3.05, 3.63) is 71.5 Å². The molecule has 0 aliphatic rings. The van der Waals surface area contributed by atoms with E-state index < -0.39 is 0 Å². The second-order valence-corrected chi connectivity index (χ2v) is 6.05. The molecule has 0 heterocycles. The molecule has 4 nitrogen and oxygen atoms in total. The summed E-state index contributed by atoms with van der Waals surface area (Å²) >= 11 is 0. The third kappa shape index (κ3) is 5.74. The third-order valence-corrected chi connectivity index (χ3v) is 3.75. The Bertz CT molecular complexity index is 832. The SMILES string of the molecule is C=C(C)Oc1ccc(C(=O)C=Cc2cc(C)c(OCC)cc2OCC)cc1. The Labute approximate surface area is 161 Å². The van der Waals surface area contributed by atoms with Gasteiger partial charge in [0.2, 0.25) is 0 Å². The molecule has 0 amide bonds. The van der Waals surface area contributed by atoms with Crippen molar-refractivity contribution < 1.29 is 19.0 Å². The molecule has 0 radical (unpaired) electrons. The fraction of sp³-hybridized carbons (Fsp3) is 0.261. The van der Waals surface area contributed by atoms with Gasteiger partial charge in [-0.2, -0.15) is 0 Å². The van der Waals surface area contributed by atoms with Gasteiger partial charge in [-0.3, -0.25) is 4.79 Å². The van der Waals surface area contributed by atoms with Crippen LogP contribution in [0.5, 0.6) is 17.2 Å². The van der Waals surface area contributed by atoms with E-state index in [1.54, 1.807) is 43.3 Å². The summed E-state index contributed by atoms with van der Waals surface area (Å²) in [6, 6.07) is 10.8. The Morgan fingerprint density at radius 1 is 1.04 bits per heavy atom. The minimum absolute atomic E-state index is 0.0918. The first-order valence-corrected chi connectivity index (χ1v) is 9.00. The van der Waals surface area contributed by atoms with Crippen LogP contribution in [-0.4, -0.2) is 19.0 Å². The summed E-state index contributed by atoms with van der Waals surface area (Å²) in [6.07, 6.45) is 3.32. The number of allylic oxidation sites excluding steroid dienone is 2. The van der Waals surface area contributed by atoms with Crippen LogP contribution in [0.15, 0.2) is 54.8 Å². The molecular weight excluding hydrogens is 340 g/mol. The smallest absolute Gasteiger partial charge is 0.185 e. The maximum Gasteiger partial charge on any atom is 0.185 e. The zero-order valence-corrected chi connectivity index (χ0v) is 16.4. The first kappa shape index (κ1) is 20.3. The van der Waals surface area contributed by atoms with Crippen molar-refractivity contribution in [1.82, 2.24) is 0 Å². The highest BCUT2D eigenvalue weighted by Crippen LogP contribution is 2.30. The summed E-state index contributed by atoms with van der Waals surface area (Å²) in [4.78, 5) is 12.5. The number of benzene rings is 2. The summed E-state index contributed by atoms with van der Waals surface area (Å²) in [5, 5.41) is 0. The normalized spacial score (nSPS) is 10.7. The van der Waals surface area contributed by atoms with Crippen LogP contribution in [-0.2, 0) is 0 Å². The first-order valence-electron chi connectivity index (χ1n) is 9.00. The molecule has 0 unspecified atom stereocenters. The highest BCUT2D eigenvalue weighted by Gasteiger charge is 2.09. The summed E-state index contributed by atoms with van der Waals surface area (Å²) in [5.74, 6) is 2.65. The Balaban J connectivity index is 2.21. The van der Waals surface area contributed by atoms with Gasteiger partial charge in [0, 0.05) is 17.2 Å². The number of hydrogen-bond donors (Lipinski definition) is 0. The molecule has 2 rings (SSSR count). The van der Waals surface area contributed by atoms with E-state index >= 15 is 0 Å². The van der Waals surface area contributed by atoms with Crippen LogP contribution in [0.1, 0.15) is 42.3 Å². The van der Waals surface area contributed by atoms with Crippen LogP contribution >= 0.6 is 0 Å². The number of ketones is 1. The topological polar surface area (TPSA) is 44.8 Å². The molecule has 27 heavy (non-hydrogen) atoms. The van der Waals surface area contributed by atoms with E-state index in [4.69, 9.17) is 14.2 Å². The van der Waals surface area contributed by atoms with Crippen LogP contribution in [0.2, 0.25) is 0 Å². The van der Waals surface area contributed by atoms with Crippen molar-refractivity contribution >= 4 is 11.9 Å². The average molecular weight is 366 g/mol. The van der Waals surface area contributed by atoms with Crippen LogP contribution < -0.4 is 14.2 Å². The second-order valence-electron chi connectivity index (χ2n) is 6.05. The highest BCUT2D eigenvalue weighted by atomic mass is 16.5. The maximum absolute atomic E-state index is 12.5. The summed E-state index contributed by atoms with van der Waals surface area (Å²) in [5.41, 5.74) is 2.42. The summed E-state index contributed by atoms with van der Waals surface area (Å²) < 4.78 is 16.7. The van der Waals surface area contributed by atoms with E-state index in [-0.39, 0.29) is 5.78 Å². The Morgan fingerprint density at radius 2 is 1.67 bits per heavy atom. The lowest BCUT2D eigenvalue weighted by Gasteiger charge is -2.13. The minimum Gasteiger partial charge on any atom is -0.493 e. The third-order valence-electron chi connectivity index (χ3n) is 3.75. The molecule has 0 fully saturated rings. The number of rotatable bonds is 9. The van der Waals surface area contributed by atoms with Crippen LogP contribution in [0, 0.1) is 6.92 Å². The van der Waals surface area contributed by atoms with Crippen molar-refractivity contribution in [3.63, 3.8) is 0 Å². The van der Waals surface area contributed by atoms with E-state index in [9.17, 15) is 4.79 Å². The van der Waals surface area contributed by atoms with E-state index in [2.05, 4.69) is 6.58 Å². The molecule has 0 aromatic heterocycles. The molecule has 0 saturated carbocycles. The van der Waals surface area contributed by atoms with Gasteiger partial charge < -0.3 is 14.2 Å². The average Bonchev–Trinajstić information content (AvgIpc) is 2.63. The van der Waals surface area contributed by atoms with Crippen molar-refractivity contribution in [2.45, 2.75) is 27.7 Å². The largest absolute Gasteiger partial charge is 0.493 e. The molecule has 0 saturated heterocycles. The van der Waals surface area contributed by atoms with Crippen LogP contribution in [0.3, 0.4) is 0 Å². The molecule has 0 N–H and O–H groups in total. The second kappa shape index (κ2) is 9.62. The van der Waals surface area contributed by atoms with Gasteiger partial charge in [0.15, 0.2) is 5.78 Å². The van der Waals surface area contributed by atoms with Gasteiger partial charge >= 0.3 is 0 Å². The lowest BCUT2D eigenvalue weighted by molar-refractivity contribution is 0.104. The van der Waals surface area contributed by atoms with Crippen molar-refractivity contribution in [2.75, 3.05) is 13.2 Å². The van der Waals surface area contributed by atoms with Crippen LogP contribution in [0.4, 0.5) is 0 Å². The Morgan fingerprint density at radius 3 is 2.26 bits per heavy atom. The van der Waals surface area contributed by atoms with Crippen molar-refractivity contribution in [3.8, 4) is 17.2 Å².